The molecule has 0 bridgehead atoms. The Kier molecular flexibility index (Phi) is 10.9. The van der Waals surface area contributed by atoms with Crippen LogP contribution < -0.4 is 48.5 Å². The third-order valence-electron chi connectivity index (χ3n) is 7.55. The van der Waals surface area contributed by atoms with E-state index in [0.717, 1.165) is 16.7 Å². The van der Waals surface area contributed by atoms with Crippen LogP contribution in [0.25, 0.3) is 12.2 Å². The summed E-state index contributed by atoms with van der Waals surface area (Å²) >= 11 is 6.06. The largest absolute Gasteiger partial charge is 0.493 e. The van der Waals surface area contributed by atoms with Gasteiger partial charge in [-0.1, -0.05) is 29.8 Å². The van der Waals surface area contributed by atoms with Gasteiger partial charge in [0.15, 0.2) is 34.5 Å². The highest BCUT2D eigenvalue weighted by Gasteiger charge is 2.26. The van der Waals surface area contributed by atoms with E-state index in [1.165, 1.54) is 0 Å². The van der Waals surface area contributed by atoms with Gasteiger partial charge in [0.25, 0.3) is 5.91 Å². The van der Waals surface area contributed by atoms with Crippen LogP contribution >= 0.6 is 11.6 Å². The first-order chi connectivity index (χ1) is 23.3. The van der Waals surface area contributed by atoms with Gasteiger partial charge >= 0.3 is 0 Å². The van der Waals surface area contributed by atoms with Crippen LogP contribution in [0.3, 0.4) is 0 Å². The van der Waals surface area contributed by atoms with Crippen molar-refractivity contribution in [2.45, 2.75) is 6.17 Å². The van der Waals surface area contributed by atoms with Crippen LogP contribution in [0, 0.1) is 0 Å². The maximum absolute atomic E-state index is 12.7. The van der Waals surface area contributed by atoms with Crippen molar-refractivity contribution in [1.82, 2.24) is 5.32 Å². The fraction of sp³-hybridized carbons (Fsp3) is 0.250. The standard InChI is InChI=1S/C36H37ClN2O9/c1-41-28-19-23(35-38-26-11-10-24(37)20-25(26)36(40)39-35)9-12-27(28)47-13-14-48-34-31(44-4)17-22(18-32(34)45-5)8-7-21-15-29(42-2)33(46-6)30(16-21)43-3/h7-12,15-20,35,38H,13-14H2,1-6H3,(H,39,40)/b8-7+. The second-order valence-corrected chi connectivity index (χ2v) is 10.8. The number of amides is 1. The predicted molar refractivity (Wildman–Crippen MR) is 184 cm³/mol. The molecule has 5 rings (SSSR count). The molecule has 2 N–H and O–H groups in total. The lowest BCUT2D eigenvalue weighted by Crippen LogP contribution is -2.38. The van der Waals surface area contributed by atoms with Gasteiger partial charge in [0.2, 0.25) is 11.5 Å². The van der Waals surface area contributed by atoms with Crippen LogP contribution in [0.4, 0.5) is 5.69 Å². The van der Waals surface area contributed by atoms with Crippen molar-refractivity contribution in [3.8, 4) is 46.0 Å². The van der Waals surface area contributed by atoms with E-state index >= 15 is 0 Å². The first kappa shape index (κ1) is 33.9. The van der Waals surface area contributed by atoms with E-state index in [0.29, 0.717) is 62.3 Å². The van der Waals surface area contributed by atoms with Gasteiger partial charge < -0.3 is 48.5 Å². The Hall–Kier alpha value is -5.42. The number of methoxy groups -OCH3 is 6. The van der Waals surface area contributed by atoms with Gasteiger partial charge in [0.1, 0.15) is 19.4 Å². The van der Waals surface area contributed by atoms with E-state index in [2.05, 4.69) is 10.6 Å². The molecule has 0 spiro atoms. The van der Waals surface area contributed by atoms with E-state index in [1.807, 2.05) is 48.6 Å². The Morgan fingerprint density at radius 2 is 1.17 bits per heavy atom. The molecular formula is C36H37ClN2O9. The number of rotatable bonds is 14. The van der Waals surface area contributed by atoms with Crippen LogP contribution in [0.5, 0.6) is 46.0 Å². The number of benzene rings is 4. The van der Waals surface area contributed by atoms with E-state index in [4.69, 9.17) is 49.5 Å². The van der Waals surface area contributed by atoms with Gasteiger partial charge in [0.05, 0.1) is 48.2 Å². The average Bonchev–Trinajstić information content (AvgIpc) is 3.11. The molecule has 1 aliphatic rings. The lowest BCUT2D eigenvalue weighted by atomic mass is 10.1. The van der Waals surface area contributed by atoms with Crippen molar-refractivity contribution < 1.29 is 42.7 Å². The summed E-state index contributed by atoms with van der Waals surface area (Å²) < 4.78 is 45.3. The zero-order chi connectivity index (χ0) is 34.2. The van der Waals surface area contributed by atoms with Gasteiger partial charge in [-0.05, 0) is 71.3 Å². The summed E-state index contributed by atoms with van der Waals surface area (Å²) in [4.78, 5) is 12.7. The van der Waals surface area contributed by atoms with Crippen LogP contribution in [0.15, 0.2) is 60.7 Å². The van der Waals surface area contributed by atoms with E-state index in [-0.39, 0.29) is 19.1 Å². The molecule has 48 heavy (non-hydrogen) atoms. The van der Waals surface area contributed by atoms with Gasteiger partial charge in [-0.15, -0.1) is 0 Å². The van der Waals surface area contributed by atoms with Crippen molar-refractivity contribution >= 4 is 35.3 Å². The fourth-order valence-electron chi connectivity index (χ4n) is 5.20. The summed E-state index contributed by atoms with van der Waals surface area (Å²) in [6, 6.07) is 18.0. The zero-order valence-electron chi connectivity index (χ0n) is 27.5. The first-order valence-electron chi connectivity index (χ1n) is 14.9. The molecular weight excluding hydrogens is 640 g/mol. The Morgan fingerprint density at radius 1 is 0.604 bits per heavy atom. The number of ether oxygens (including phenoxy) is 8. The van der Waals surface area contributed by atoms with Crippen LogP contribution in [0.1, 0.15) is 33.2 Å². The number of anilines is 1. The van der Waals surface area contributed by atoms with Gasteiger partial charge in [-0.2, -0.15) is 0 Å². The third kappa shape index (κ3) is 7.42. The number of nitrogens with one attached hydrogen (secondary N) is 2. The first-order valence-corrected chi connectivity index (χ1v) is 15.2. The molecule has 252 valence electrons. The van der Waals surface area contributed by atoms with E-state index < -0.39 is 6.17 Å². The minimum absolute atomic E-state index is 0.192. The predicted octanol–water partition coefficient (Wildman–Crippen LogP) is 6.87. The maximum Gasteiger partial charge on any atom is 0.255 e. The SMILES string of the molecule is COc1cc(C2NC(=O)c3cc(Cl)ccc3N2)ccc1OCCOc1c(OC)cc(/C=C/c2cc(OC)c(OC)c(OC)c2)cc1OC. The highest BCUT2D eigenvalue weighted by molar-refractivity contribution is 6.31. The average molecular weight is 677 g/mol. The quantitative estimate of drug-likeness (QED) is 0.108. The summed E-state index contributed by atoms with van der Waals surface area (Å²) in [6.45, 7) is 0.398. The van der Waals surface area contributed by atoms with Gasteiger partial charge in [-0.25, -0.2) is 0 Å². The molecule has 4 aromatic rings. The summed E-state index contributed by atoms with van der Waals surface area (Å²) in [5, 5.41) is 6.75. The molecule has 1 unspecified atom stereocenters. The number of halogens is 1. The molecule has 0 aromatic heterocycles. The number of fused-ring (bicyclic) bond motifs is 1. The Bertz CT molecular complexity index is 1760. The summed E-state index contributed by atoms with van der Waals surface area (Å²) in [6.07, 6.45) is 3.37. The number of carbonyl (C=O) groups is 1. The summed E-state index contributed by atoms with van der Waals surface area (Å²) in [5.41, 5.74) is 3.64. The highest BCUT2D eigenvalue weighted by Crippen LogP contribution is 2.41. The molecule has 1 amide bonds. The maximum atomic E-state index is 12.7. The molecule has 11 nitrogen and oxygen atoms in total. The minimum atomic E-state index is -0.461. The molecule has 12 heteroatoms. The molecule has 0 saturated heterocycles. The van der Waals surface area contributed by atoms with Crippen molar-refractivity contribution in [2.24, 2.45) is 0 Å². The normalized spacial score (nSPS) is 13.6. The summed E-state index contributed by atoms with van der Waals surface area (Å²) in [7, 11) is 9.40. The van der Waals surface area contributed by atoms with Crippen LogP contribution in [-0.2, 0) is 0 Å². The summed E-state index contributed by atoms with van der Waals surface area (Å²) in [5.74, 6) is 3.85. The van der Waals surface area contributed by atoms with Crippen LogP contribution in [0.2, 0.25) is 5.02 Å². The molecule has 1 heterocycles. The van der Waals surface area contributed by atoms with E-state index in [9.17, 15) is 4.79 Å². The fourth-order valence-corrected chi connectivity index (χ4v) is 5.38. The number of hydrogen-bond acceptors (Lipinski definition) is 10. The van der Waals surface area contributed by atoms with Crippen molar-refractivity contribution in [3.63, 3.8) is 0 Å². The van der Waals surface area contributed by atoms with Gasteiger partial charge in [-0.3, -0.25) is 4.79 Å². The van der Waals surface area contributed by atoms with Crippen molar-refractivity contribution in [2.75, 3.05) is 61.2 Å². The molecule has 0 radical (unpaired) electrons. The molecule has 1 atom stereocenters. The Morgan fingerprint density at radius 3 is 1.73 bits per heavy atom. The zero-order valence-corrected chi connectivity index (χ0v) is 28.2. The second-order valence-electron chi connectivity index (χ2n) is 10.4. The van der Waals surface area contributed by atoms with E-state index in [1.54, 1.807) is 66.9 Å². The molecule has 0 fully saturated rings. The van der Waals surface area contributed by atoms with Gasteiger partial charge in [0, 0.05) is 10.7 Å². The number of hydrogen-bond donors (Lipinski definition) is 2. The lowest BCUT2D eigenvalue weighted by Gasteiger charge is -2.28. The molecule has 1 aliphatic heterocycles. The topological polar surface area (TPSA) is 115 Å². The molecule has 4 aromatic carbocycles. The smallest absolute Gasteiger partial charge is 0.255 e. The third-order valence-corrected chi connectivity index (χ3v) is 7.78. The van der Waals surface area contributed by atoms with Crippen LogP contribution in [-0.4, -0.2) is 61.8 Å². The molecule has 0 aliphatic carbocycles. The number of carbonyl (C=O) groups excluding carboxylic acids is 1. The van der Waals surface area contributed by atoms with Crippen molar-refractivity contribution in [3.05, 3.63) is 87.9 Å². The highest BCUT2D eigenvalue weighted by atomic mass is 35.5. The second kappa shape index (κ2) is 15.4. The minimum Gasteiger partial charge on any atom is -0.493 e. The Balaban J connectivity index is 1.24. The lowest BCUT2D eigenvalue weighted by molar-refractivity contribution is 0.0935. The molecule has 0 saturated carbocycles. The Labute approximate surface area is 284 Å². The monoisotopic (exact) mass is 676 g/mol. The van der Waals surface area contributed by atoms with Crippen molar-refractivity contribution in [1.29, 1.82) is 0 Å².